The highest BCUT2D eigenvalue weighted by molar-refractivity contribution is 5.02. The predicted molar refractivity (Wildman–Crippen MR) is 71.6 cm³/mol. The molecule has 0 aromatic carbocycles. The molecule has 1 atom stereocenters. The number of nitrogens with zero attached hydrogens (tertiary/aromatic N) is 1. The maximum Gasteiger partial charge on any atom is 0.0337 e. The van der Waals surface area contributed by atoms with Crippen LogP contribution in [-0.4, -0.2) is 30.1 Å². The first-order valence-electron chi connectivity index (χ1n) is 6.95. The lowest BCUT2D eigenvalue weighted by atomic mass is 9.86. The van der Waals surface area contributed by atoms with Crippen LogP contribution in [0.3, 0.4) is 0 Å². The van der Waals surface area contributed by atoms with Crippen molar-refractivity contribution in [3.05, 3.63) is 0 Å². The Balaban J connectivity index is 2.77. The zero-order chi connectivity index (χ0) is 12.2. The molecule has 2 nitrogen and oxygen atoms in total. The van der Waals surface area contributed by atoms with Crippen LogP contribution in [-0.2, 0) is 0 Å². The summed E-state index contributed by atoms with van der Waals surface area (Å²) in [5.74, 6) is 0. The monoisotopic (exact) mass is 226 g/mol. The SMILES string of the molecule is CCCN(CCC)C1(CN)CCC(C)(C)C1. The molecule has 2 N–H and O–H groups in total. The number of rotatable bonds is 6. The third kappa shape index (κ3) is 2.98. The van der Waals surface area contributed by atoms with Crippen molar-refractivity contribution in [3.63, 3.8) is 0 Å². The molecule has 1 rings (SSSR count). The highest BCUT2D eigenvalue weighted by Crippen LogP contribution is 2.46. The molecule has 0 aromatic heterocycles. The first-order valence-corrected chi connectivity index (χ1v) is 6.95. The van der Waals surface area contributed by atoms with E-state index in [4.69, 9.17) is 5.73 Å². The average molecular weight is 226 g/mol. The van der Waals surface area contributed by atoms with Gasteiger partial charge in [-0.3, -0.25) is 4.90 Å². The zero-order valence-corrected chi connectivity index (χ0v) is 11.7. The van der Waals surface area contributed by atoms with Gasteiger partial charge in [-0.25, -0.2) is 0 Å². The second-order valence-corrected chi connectivity index (χ2v) is 6.26. The van der Waals surface area contributed by atoms with E-state index in [1.165, 1.54) is 45.2 Å². The van der Waals surface area contributed by atoms with Gasteiger partial charge in [-0.2, -0.15) is 0 Å². The van der Waals surface area contributed by atoms with Crippen molar-refractivity contribution in [2.24, 2.45) is 11.1 Å². The lowest BCUT2D eigenvalue weighted by Crippen LogP contribution is -2.53. The fourth-order valence-electron chi connectivity index (χ4n) is 3.34. The molecule has 16 heavy (non-hydrogen) atoms. The van der Waals surface area contributed by atoms with Crippen LogP contribution in [0.15, 0.2) is 0 Å². The van der Waals surface area contributed by atoms with Crippen molar-refractivity contribution in [2.45, 2.75) is 65.3 Å². The van der Waals surface area contributed by atoms with Gasteiger partial charge >= 0.3 is 0 Å². The second kappa shape index (κ2) is 5.50. The average Bonchev–Trinajstić information content (AvgIpc) is 2.55. The molecule has 0 amide bonds. The van der Waals surface area contributed by atoms with E-state index in [0.717, 1.165) is 6.54 Å². The Morgan fingerprint density at radius 2 is 1.62 bits per heavy atom. The minimum Gasteiger partial charge on any atom is -0.329 e. The van der Waals surface area contributed by atoms with Crippen LogP contribution in [0.2, 0.25) is 0 Å². The quantitative estimate of drug-likeness (QED) is 0.754. The summed E-state index contributed by atoms with van der Waals surface area (Å²) in [4.78, 5) is 2.67. The van der Waals surface area contributed by atoms with Crippen LogP contribution in [0.5, 0.6) is 0 Å². The summed E-state index contributed by atoms with van der Waals surface area (Å²) in [7, 11) is 0. The van der Waals surface area contributed by atoms with Gasteiger partial charge in [-0.1, -0.05) is 27.7 Å². The lowest BCUT2D eigenvalue weighted by Gasteiger charge is -2.41. The van der Waals surface area contributed by atoms with Crippen LogP contribution in [0.4, 0.5) is 0 Å². The van der Waals surface area contributed by atoms with E-state index in [1.807, 2.05) is 0 Å². The largest absolute Gasteiger partial charge is 0.329 e. The first kappa shape index (κ1) is 14.0. The van der Waals surface area contributed by atoms with E-state index in [9.17, 15) is 0 Å². The molecule has 0 bridgehead atoms. The van der Waals surface area contributed by atoms with Crippen molar-refractivity contribution in [1.29, 1.82) is 0 Å². The molecule has 1 aliphatic rings. The molecule has 0 heterocycles. The summed E-state index contributed by atoms with van der Waals surface area (Å²) in [5.41, 5.74) is 6.90. The zero-order valence-electron chi connectivity index (χ0n) is 11.7. The number of hydrogen-bond donors (Lipinski definition) is 1. The van der Waals surface area contributed by atoms with E-state index in [1.54, 1.807) is 0 Å². The minimum atomic E-state index is 0.301. The van der Waals surface area contributed by atoms with E-state index in [2.05, 4.69) is 32.6 Å². The Kier molecular flexibility index (Phi) is 4.81. The van der Waals surface area contributed by atoms with Gasteiger partial charge in [0.05, 0.1) is 0 Å². The second-order valence-electron chi connectivity index (χ2n) is 6.26. The van der Waals surface area contributed by atoms with E-state index in [-0.39, 0.29) is 0 Å². The minimum absolute atomic E-state index is 0.301. The molecule has 96 valence electrons. The lowest BCUT2D eigenvalue weighted by molar-refractivity contribution is 0.0883. The molecule has 0 saturated heterocycles. The predicted octanol–water partition coefficient (Wildman–Crippen LogP) is 3.02. The summed E-state index contributed by atoms with van der Waals surface area (Å²) >= 11 is 0. The fraction of sp³-hybridized carbons (Fsp3) is 1.00. The van der Waals surface area contributed by atoms with E-state index < -0.39 is 0 Å². The molecule has 1 saturated carbocycles. The summed E-state index contributed by atoms with van der Waals surface area (Å²) in [6.45, 7) is 12.6. The van der Waals surface area contributed by atoms with E-state index >= 15 is 0 Å². The van der Waals surface area contributed by atoms with Gasteiger partial charge in [-0.15, -0.1) is 0 Å². The van der Waals surface area contributed by atoms with Gasteiger partial charge in [-0.05, 0) is 50.6 Å². The van der Waals surface area contributed by atoms with Gasteiger partial charge in [0, 0.05) is 12.1 Å². The molecule has 1 aliphatic carbocycles. The molecule has 0 radical (unpaired) electrons. The van der Waals surface area contributed by atoms with Crippen LogP contribution < -0.4 is 5.73 Å². The van der Waals surface area contributed by atoms with Crippen molar-refractivity contribution in [3.8, 4) is 0 Å². The fourth-order valence-corrected chi connectivity index (χ4v) is 3.34. The summed E-state index contributed by atoms with van der Waals surface area (Å²) in [6, 6.07) is 0. The Hall–Kier alpha value is -0.0800. The molecule has 1 fully saturated rings. The third-order valence-corrected chi connectivity index (χ3v) is 4.11. The van der Waals surface area contributed by atoms with Gasteiger partial charge in [0.2, 0.25) is 0 Å². The molecule has 0 spiro atoms. The first-order chi connectivity index (χ1) is 7.49. The summed E-state index contributed by atoms with van der Waals surface area (Å²) in [5, 5.41) is 0. The van der Waals surface area contributed by atoms with Gasteiger partial charge < -0.3 is 5.73 Å². The smallest absolute Gasteiger partial charge is 0.0337 e. The standard InChI is InChI=1S/C14H30N2/c1-5-9-16(10-6-2)14(12-15)8-7-13(3,4)11-14/h5-12,15H2,1-4H3. The molecule has 2 heteroatoms. The normalized spacial score (nSPS) is 28.9. The topological polar surface area (TPSA) is 29.3 Å². The van der Waals surface area contributed by atoms with Gasteiger partial charge in [0.1, 0.15) is 0 Å². The van der Waals surface area contributed by atoms with Crippen molar-refractivity contribution < 1.29 is 0 Å². The van der Waals surface area contributed by atoms with Crippen molar-refractivity contribution in [2.75, 3.05) is 19.6 Å². The van der Waals surface area contributed by atoms with Crippen molar-refractivity contribution >= 4 is 0 Å². The van der Waals surface area contributed by atoms with Crippen LogP contribution >= 0.6 is 0 Å². The Labute approximate surface area is 102 Å². The summed E-state index contributed by atoms with van der Waals surface area (Å²) in [6.07, 6.45) is 6.37. The Morgan fingerprint density at radius 1 is 1.06 bits per heavy atom. The summed E-state index contributed by atoms with van der Waals surface area (Å²) < 4.78 is 0. The molecular formula is C14H30N2. The highest BCUT2D eigenvalue weighted by atomic mass is 15.2. The van der Waals surface area contributed by atoms with Gasteiger partial charge in [0.25, 0.3) is 0 Å². The Morgan fingerprint density at radius 3 is 1.94 bits per heavy atom. The third-order valence-electron chi connectivity index (χ3n) is 4.11. The van der Waals surface area contributed by atoms with Crippen LogP contribution in [0.1, 0.15) is 59.8 Å². The van der Waals surface area contributed by atoms with Crippen LogP contribution in [0.25, 0.3) is 0 Å². The maximum atomic E-state index is 6.11. The van der Waals surface area contributed by atoms with Crippen LogP contribution in [0, 0.1) is 5.41 Å². The molecular weight excluding hydrogens is 196 g/mol. The van der Waals surface area contributed by atoms with Gasteiger partial charge in [0.15, 0.2) is 0 Å². The Bertz CT molecular complexity index is 207. The van der Waals surface area contributed by atoms with E-state index in [0.29, 0.717) is 11.0 Å². The number of hydrogen-bond acceptors (Lipinski definition) is 2. The molecule has 1 unspecified atom stereocenters. The maximum absolute atomic E-state index is 6.11. The molecule has 0 aliphatic heterocycles. The molecule has 0 aromatic rings. The van der Waals surface area contributed by atoms with Crippen molar-refractivity contribution in [1.82, 2.24) is 4.90 Å². The highest BCUT2D eigenvalue weighted by Gasteiger charge is 2.45. The number of nitrogens with two attached hydrogens (primary N) is 1.